The number of carbonyl (C=O) groups is 1. The van der Waals surface area contributed by atoms with E-state index in [0.29, 0.717) is 33.3 Å². The van der Waals surface area contributed by atoms with Crippen molar-refractivity contribution in [3.05, 3.63) is 71.6 Å². The van der Waals surface area contributed by atoms with Crippen LogP contribution in [0.5, 0.6) is 0 Å². The lowest BCUT2D eigenvalue weighted by atomic mass is 10.1. The van der Waals surface area contributed by atoms with Crippen LogP contribution < -0.4 is 16.0 Å². The molecule has 3 N–H and O–H groups in total. The first-order valence-corrected chi connectivity index (χ1v) is 8.76. The highest BCUT2D eigenvalue weighted by molar-refractivity contribution is 6.30. The number of carbonyl (C=O) groups excluding carboxylic acids is 1. The molecule has 3 rings (SSSR count). The Hall–Kier alpha value is -3.12. The molecule has 0 bridgehead atoms. The molecule has 1 aromatic heterocycles. The number of rotatable bonds is 5. The van der Waals surface area contributed by atoms with E-state index >= 15 is 0 Å². The van der Waals surface area contributed by atoms with E-state index < -0.39 is 11.8 Å². The summed E-state index contributed by atoms with van der Waals surface area (Å²) in [6.07, 6.45) is 1.62. The first-order chi connectivity index (χ1) is 13.0. The fourth-order valence-electron chi connectivity index (χ4n) is 2.56. The summed E-state index contributed by atoms with van der Waals surface area (Å²) in [6, 6.07) is 14.3. The molecule has 0 saturated carbocycles. The average molecular weight is 385 g/mol. The second-order valence-electron chi connectivity index (χ2n) is 5.74. The molecule has 3 aromatic rings. The Bertz CT molecular complexity index is 964. The van der Waals surface area contributed by atoms with E-state index in [1.807, 2.05) is 6.92 Å². The number of anilines is 3. The Morgan fingerprint density at radius 3 is 2.56 bits per heavy atom. The van der Waals surface area contributed by atoms with Gasteiger partial charge in [-0.1, -0.05) is 17.7 Å². The summed E-state index contributed by atoms with van der Waals surface area (Å²) in [4.78, 5) is 16.3. The van der Waals surface area contributed by atoms with Gasteiger partial charge >= 0.3 is 6.03 Å². The third kappa shape index (κ3) is 4.95. The molecule has 0 radical (unpaired) electrons. The zero-order valence-corrected chi connectivity index (χ0v) is 15.3. The summed E-state index contributed by atoms with van der Waals surface area (Å²) in [5, 5.41) is 8.85. The van der Waals surface area contributed by atoms with Crippen molar-refractivity contribution in [3.63, 3.8) is 0 Å². The molecule has 2 amide bonds. The fraction of sp³-hybridized carbons (Fsp3) is 0.100. The van der Waals surface area contributed by atoms with Crippen LogP contribution in [0.25, 0.3) is 11.1 Å². The minimum atomic E-state index is -0.484. The van der Waals surface area contributed by atoms with E-state index in [0.717, 1.165) is 6.54 Å². The van der Waals surface area contributed by atoms with Gasteiger partial charge < -0.3 is 16.0 Å². The molecule has 138 valence electrons. The summed E-state index contributed by atoms with van der Waals surface area (Å²) >= 11 is 5.89. The van der Waals surface area contributed by atoms with Crippen molar-refractivity contribution in [1.82, 2.24) is 4.98 Å². The Morgan fingerprint density at radius 1 is 1.07 bits per heavy atom. The Kier molecular flexibility index (Phi) is 5.88. The first kappa shape index (κ1) is 18.7. The molecule has 0 aliphatic carbocycles. The van der Waals surface area contributed by atoms with Crippen LogP contribution in [0.4, 0.5) is 26.4 Å². The number of pyridine rings is 1. The number of urea groups is 1. The summed E-state index contributed by atoms with van der Waals surface area (Å²) in [5.74, 6) is 0.238. The van der Waals surface area contributed by atoms with Crippen molar-refractivity contribution in [2.75, 3.05) is 22.5 Å². The highest BCUT2D eigenvalue weighted by Gasteiger charge is 2.09. The third-order valence-electron chi connectivity index (χ3n) is 3.74. The quantitative estimate of drug-likeness (QED) is 0.535. The van der Waals surface area contributed by atoms with Gasteiger partial charge in [0.1, 0.15) is 11.6 Å². The molecule has 0 aliphatic heterocycles. The fourth-order valence-corrected chi connectivity index (χ4v) is 2.75. The van der Waals surface area contributed by atoms with Gasteiger partial charge in [-0.25, -0.2) is 14.2 Å². The van der Waals surface area contributed by atoms with Crippen LogP contribution in [-0.2, 0) is 0 Å². The van der Waals surface area contributed by atoms with E-state index in [1.54, 1.807) is 54.7 Å². The Balaban J connectivity index is 1.73. The smallest absolute Gasteiger partial charge is 0.323 e. The number of amides is 2. The number of hydrogen-bond donors (Lipinski definition) is 3. The molecule has 5 nitrogen and oxygen atoms in total. The van der Waals surface area contributed by atoms with Gasteiger partial charge in [0.15, 0.2) is 0 Å². The average Bonchev–Trinajstić information content (AvgIpc) is 2.62. The topological polar surface area (TPSA) is 66.0 Å². The van der Waals surface area contributed by atoms with Crippen molar-refractivity contribution in [2.24, 2.45) is 0 Å². The first-order valence-electron chi connectivity index (χ1n) is 8.38. The lowest BCUT2D eigenvalue weighted by Gasteiger charge is -2.10. The molecule has 2 aromatic carbocycles. The van der Waals surface area contributed by atoms with Crippen LogP contribution in [0.3, 0.4) is 0 Å². The van der Waals surface area contributed by atoms with Gasteiger partial charge in [0, 0.05) is 34.7 Å². The Labute approximate surface area is 161 Å². The molecule has 7 heteroatoms. The summed E-state index contributed by atoms with van der Waals surface area (Å²) < 4.78 is 14.6. The highest BCUT2D eigenvalue weighted by Crippen LogP contribution is 2.26. The van der Waals surface area contributed by atoms with E-state index in [2.05, 4.69) is 20.9 Å². The molecule has 0 spiro atoms. The molecular formula is C20H18ClFN4O. The van der Waals surface area contributed by atoms with Gasteiger partial charge in [-0.3, -0.25) is 0 Å². The summed E-state index contributed by atoms with van der Waals surface area (Å²) in [6.45, 7) is 2.69. The highest BCUT2D eigenvalue weighted by atomic mass is 35.5. The number of benzene rings is 2. The molecule has 0 fully saturated rings. The third-order valence-corrected chi connectivity index (χ3v) is 3.97. The SMILES string of the molecule is CCNc1cc(-c2ccc(NC(=O)Nc3cccc(Cl)c3)cc2F)ccn1. The van der Waals surface area contributed by atoms with Crippen LogP contribution in [0, 0.1) is 5.82 Å². The maximum atomic E-state index is 14.6. The second kappa shape index (κ2) is 8.51. The van der Waals surface area contributed by atoms with Crippen LogP contribution in [0.15, 0.2) is 60.8 Å². The van der Waals surface area contributed by atoms with E-state index in [4.69, 9.17) is 11.6 Å². The number of halogens is 2. The molecule has 0 saturated heterocycles. The molecule has 0 aliphatic rings. The van der Waals surface area contributed by atoms with Crippen LogP contribution in [0.1, 0.15) is 6.92 Å². The van der Waals surface area contributed by atoms with Gasteiger partial charge in [-0.2, -0.15) is 0 Å². The van der Waals surface area contributed by atoms with Gasteiger partial charge in [0.05, 0.1) is 0 Å². The zero-order valence-electron chi connectivity index (χ0n) is 14.6. The van der Waals surface area contributed by atoms with E-state index in [9.17, 15) is 9.18 Å². The van der Waals surface area contributed by atoms with Gasteiger partial charge in [-0.05, 0) is 61.0 Å². The summed E-state index contributed by atoms with van der Waals surface area (Å²) in [7, 11) is 0. The van der Waals surface area contributed by atoms with Gasteiger partial charge in [0.2, 0.25) is 0 Å². The molecule has 1 heterocycles. The lowest BCUT2D eigenvalue weighted by molar-refractivity contribution is 0.262. The number of aromatic nitrogens is 1. The minimum Gasteiger partial charge on any atom is -0.370 e. The maximum absolute atomic E-state index is 14.6. The van der Waals surface area contributed by atoms with E-state index in [1.165, 1.54) is 6.07 Å². The molecular weight excluding hydrogens is 367 g/mol. The zero-order chi connectivity index (χ0) is 19.2. The standard InChI is InChI=1S/C20H18ClFN4O/c1-2-23-19-10-13(8-9-24-19)17-7-6-16(12-18(17)22)26-20(27)25-15-5-3-4-14(21)11-15/h3-12H,2H2,1H3,(H,23,24)(H2,25,26,27). The predicted octanol–water partition coefficient (Wildman–Crippen LogP) is 5.62. The summed E-state index contributed by atoms with van der Waals surface area (Å²) in [5.41, 5.74) is 2.02. The van der Waals surface area contributed by atoms with Crippen molar-refractivity contribution in [2.45, 2.75) is 6.92 Å². The van der Waals surface area contributed by atoms with Crippen LogP contribution in [0.2, 0.25) is 5.02 Å². The van der Waals surface area contributed by atoms with Crippen molar-refractivity contribution in [1.29, 1.82) is 0 Å². The van der Waals surface area contributed by atoms with Gasteiger partial charge in [0.25, 0.3) is 0 Å². The van der Waals surface area contributed by atoms with Crippen molar-refractivity contribution >= 4 is 34.8 Å². The van der Waals surface area contributed by atoms with Crippen LogP contribution >= 0.6 is 11.6 Å². The van der Waals surface area contributed by atoms with Gasteiger partial charge in [-0.15, -0.1) is 0 Å². The largest absolute Gasteiger partial charge is 0.370 e. The number of nitrogens with one attached hydrogen (secondary N) is 3. The normalized spacial score (nSPS) is 10.3. The van der Waals surface area contributed by atoms with Crippen molar-refractivity contribution in [3.8, 4) is 11.1 Å². The number of hydrogen-bond acceptors (Lipinski definition) is 3. The van der Waals surface area contributed by atoms with Crippen molar-refractivity contribution < 1.29 is 9.18 Å². The monoisotopic (exact) mass is 384 g/mol. The Morgan fingerprint density at radius 2 is 1.85 bits per heavy atom. The lowest BCUT2D eigenvalue weighted by Crippen LogP contribution is -2.19. The minimum absolute atomic E-state index is 0.344. The maximum Gasteiger partial charge on any atom is 0.323 e. The molecule has 0 atom stereocenters. The second-order valence-corrected chi connectivity index (χ2v) is 6.18. The van der Waals surface area contributed by atoms with E-state index in [-0.39, 0.29) is 0 Å². The molecule has 0 unspecified atom stereocenters. The predicted molar refractivity (Wildman–Crippen MR) is 108 cm³/mol. The number of nitrogens with zero attached hydrogens (tertiary/aromatic N) is 1. The molecule has 27 heavy (non-hydrogen) atoms. The van der Waals surface area contributed by atoms with Crippen LogP contribution in [-0.4, -0.2) is 17.6 Å².